The molecule has 0 heterocycles. The Hall–Kier alpha value is -2.62. The molecule has 0 spiro atoms. The van der Waals surface area contributed by atoms with Crippen LogP contribution in [0.25, 0.3) is 0 Å². The number of benzene rings is 2. The van der Waals surface area contributed by atoms with Crippen LogP contribution < -0.4 is 9.47 Å². The highest BCUT2D eigenvalue weighted by Gasteiger charge is 2.61. The van der Waals surface area contributed by atoms with Gasteiger partial charge in [0, 0.05) is 11.6 Å². The lowest BCUT2D eigenvalue weighted by atomic mass is 9.46. The molecule has 4 nitrogen and oxygen atoms in total. The molecule has 3 atom stereocenters. The number of phenols is 2. The van der Waals surface area contributed by atoms with E-state index >= 15 is 0 Å². The van der Waals surface area contributed by atoms with Crippen molar-refractivity contribution in [1.82, 2.24) is 0 Å². The lowest BCUT2D eigenvalue weighted by molar-refractivity contribution is 0.0122. The number of allylic oxidation sites excluding steroid dienone is 2. The fourth-order valence-corrected chi connectivity index (χ4v) is 5.85. The van der Waals surface area contributed by atoms with Crippen molar-refractivity contribution in [3.05, 3.63) is 58.2 Å². The van der Waals surface area contributed by atoms with Crippen molar-refractivity contribution >= 4 is 0 Å². The molecule has 4 rings (SSSR count). The first-order valence-electron chi connectivity index (χ1n) is 10.6. The summed E-state index contributed by atoms with van der Waals surface area (Å²) in [5.74, 6) is 2.73. The average molecular weight is 409 g/mol. The second kappa shape index (κ2) is 7.26. The maximum atomic E-state index is 10.1. The minimum Gasteiger partial charge on any atom is -0.504 e. The normalized spacial score (nSPS) is 23.2. The molecule has 0 radical (unpaired) electrons. The third-order valence-corrected chi connectivity index (χ3v) is 7.33. The van der Waals surface area contributed by atoms with E-state index in [9.17, 15) is 10.2 Å². The Morgan fingerprint density at radius 1 is 1.07 bits per heavy atom. The molecule has 160 valence electrons. The maximum Gasteiger partial charge on any atom is 0.157 e. The molecule has 0 amide bonds. The van der Waals surface area contributed by atoms with E-state index in [2.05, 4.69) is 33.8 Å². The number of ether oxygens (including phenoxy) is 2. The number of hydrogen-bond acceptors (Lipinski definition) is 4. The summed E-state index contributed by atoms with van der Waals surface area (Å²) in [6, 6.07) is 7.30. The summed E-state index contributed by atoms with van der Waals surface area (Å²) in [5.41, 5.74) is 6.31. The number of methoxy groups -OCH3 is 2. The van der Waals surface area contributed by atoms with E-state index in [1.807, 2.05) is 12.1 Å². The van der Waals surface area contributed by atoms with Crippen molar-refractivity contribution in [3.8, 4) is 23.0 Å². The van der Waals surface area contributed by atoms with Gasteiger partial charge in [-0.25, -0.2) is 0 Å². The molecule has 0 bridgehead atoms. The van der Waals surface area contributed by atoms with Gasteiger partial charge in [-0.05, 0) is 78.7 Å². The van der Waals surface area contributed by atoms with Gasteiger partial charge in [-0.1, -0.05) is 31.6 Å². The second-order valence-electron chi connectivity index (χ2n) is 9.52. The Morgan fingerprint density at radius 3 is 2.37 bits per heavy atom. The number of aromatic hydroxyl groups is 2. The van der Waals surface area contributed by atoms with E-state index in [0.29, 0.717) is 11.8 Å². The van der Waals surface area contributed by atoms with Crippen LogP contribution in [0, 0.1) is 11.3 Å². The Balaban J connectivity index is 1.89. The second-order valence-corrected chi connectivity index (χ2v) is 9.52. The molecule has 0 saturated heterocycles. The van der Waals surface area contributed by atoms with Gasteiger partial charge in [0.05, 0.1) is 14.2 Å². The largest absolute Gasteiger partial charge is 0.504 e. The summed E-state index contributed by atoms with van der Waals surface area (Å²) >= 11 is 0. The monoisotopic (exact) mass is 408 g/mol. The van der Waals surface area contributed by atoms with Gasteiger partial charge < -0.3 is 19.7 Å². The van der Waals surface area contributed by atoms with Crippen LogP contribution in [0.1, 0.15) is 61.8 Å². The molecular formula is C26H32O4. The highest BCUT2D eigenvalue weighted by atomic mass is 16.5. The molecule has 2 N–H and O–H groups in total. The minimum absolute atomic E-state index is 0.0574. The molecular weight excluding hydrogens is 376 g/mol. The maximum absolute atomic E-state index is 10.1. The van der Waals surface area contributed by atoms with E-state index in [0.717, 1.165) is 29.9 Å². The van der Waals surface area contributed by atoms with Crippen LogP contribution in [-0.2, 0) is 12.8 Å². The smallest absolute Gasteiger partial charge is 0.157 e. The predicted molar refractivity (Wildman–Crippen MR) is 119 cm³/mol. The fourth-order valence-electron chi connectivity index (χ4n) is 5.85. The molecule has 0 aromatic heterocycles. The van der Waals surface area contributed by atoms with Gasteiger partial charge in [0.25, 0.3) is 0 Å². The van der Waals surface area contributed by atoms with Crippen molar-refractivity contribution < 1.29 is 19.7 Å². The Bertz CT molecular complexity index is 1010. The molecule has 1 fully saturated rings. The summed E-state index contributed by atoms with van der Waals surface area (Å²) < 4.78 is 11.6. The van der Waals surface area contributed by atoms with Gasteiger partial charge in [0.1, 0.15) is 11.5 Å². The molecule has 2 aromatic rings. The van der Waals surface area contributed by atoms with E-state index in [-0.39, 0.29) is 22.8 Å². The number of hydrogen-bond donors (Lipinski definition) is 2. The first kappa shape index (κ1) is 20.6. The van der Waals surface area contributed by atoms with Crippen LogP contribution in [0.4, 0.5) is 0 Å². The van der Waals surface area contributed by atoms with Gasteiger partial charge in [0.2, 0.25) is 0 Å². The summed E-state index contributed by atoms with van der Waals surface area (Å²) in [5, 5.41) is 19.9. The first-order valence-corrected chi connectivity index (χ1v) is 10.6. The van der Waals surface area contributed by atoms with Crippen molar-refractivity contribution in [3.63, 3.8) is 0 Å². The number of rotatable bonds is 5. The number of phenolic OH excluding ortho intramolecular Hbond substituents is 2. The zero-order valence-corrected chi connectivity index (χ0v) is 18.7. The summed E-state index contributed by atoms with van der Waals surface area (Å²) in [4.78, 5) is 0. The Kier molecular flexibility index (Phi) is 5.00. The van der Waals surface area contributed by atoms with E-state index in [1.165, 1.54) is 22.3 Å². The van der Waals surface area contributed by atoms with Gasteiger partial charge in [-0.2, -0.15) is 0 Å². The molecule has 30 heavy (non-hydrogen) atoms. The standard InChI is InChI=1S/C26H32O4/c1-14(2)7-9-16-21(29-5)13-22(30-6)17-12-18-24(23(16)17)25(26(18,3)4)15-8-10-19(27)20(28)11-15/h7-8,10-11,13,18,24-25,27-28H,9,12H2,1-6H3/t18-,24-,25-/m1/s1. The van der Waals surface area contributed by atoms with E-state index < -0.39 is 0 Å². The van der Waals surface area contributed by atoms with Crippen LogP contribution in [0.3, 0.4) is 0 Å². The van der Waals surface area contributed by atoms with Crippen molar-refractivity contribution in [2.24, 2.45) is 11.3 Å². The van der Waals surface area contributed by atoms with Crippen LogP contribution in [0.15, 0.2) is 35.9 Å². The minimum atomic E-state index is -0.0770. The third-order valence-electron chi connectivity index (χ3n) is 7.33. The van der Waals surface area contributed by atoms with Crippen LogP contribution in [0.2, 0.25) is 0 Å². The SMILES string of the molecule is COc1cc(OC)c2c(c1CC=C(C)C)[C@H]1[C@@H](C2)C(C)(C)[C@@H]1c1ccc(O)c(O)c1. The highest BCUT2D eigenvalue weighted by Crippen LogP contribution is 2.71. The van der Waals surface area contributed by atoms with Gasteiger partial charge in [0.15, 0.2) is 11.5 Å². The lowest BCUT2D eigenvalue weighted by Gasteiger charge is -2.57. The quantitative estimate of drug-likeness (QED) is 0.492. The molecule has 2 aliphatic carbocycles. The first-order chi connectivity index (χ1) is 14.2. The lowest BCUT2D eigenvalue weighted by Crippen LogP contribution is -2.48. The van der Waals surface area contributed by atoms with Gasteiger partial charge in [-0.15, -0.1) is 0 Å². The fraction of sp³-hybridized carbons (Fsp3) is 0.462. The number of fused-ring (bicyclic) bond motifs is 3. The van der Waals surface area contributed by atoms with E-state index in [1.54, 1.807) is 26.4 Å². The van der Waals surface area contributed by atoms with Gasteiger partial charge >= 0.3 is 0 Å². The molecule has 0 aliphatic heterocycles. The zero-order chi connectivity index (χ0) is 21.8. The van der Waals surface area contributed by atoms with Crippen LogP contribution in [-0.4, -0.2) is 24.4 Å². The van der Waals surface area contributed by atoms with Crippen molar-refractivity contribution in [2.45, 2.75) is 52.4 Å². The average Bonchev–Trinajstić information content (AvgIpc) is 3.06. The topological polar surface area (TPSA) is 58.9 Å². The molecule has 0 unspecified atom stereocenters. The molecule has 2 aliphatic rings. The molecule has 4 heteroatoms. The summed E-state index contributed by atoms with van der Waals surface area (Å²) in [6.45, 7) is 8.86. The van der Waals surface area contributed by atoms with Crippen molar-refractivity contribution in [2.75, 3.05) is 14.2 Å². The highest BCUT2D eigenvalue weighted by molar-refractivity contribution is 5.61. The predicted octanol–water partition coefficient (Wildman–Crippen LogP) is 5.70. The summed E-state index contributed by atoms with van der Waals surface area (Å²) in [6.07, 6.45) is 4.07. The summed E-state index contributed by atoms with van der Waals surface area (Å²) in [7, 11) is 3.45. The Morgan fingerprint density at radius 2 is 1.77 bits per heavy atom. The van der Waals surface area contributed by atoms with E-state index in [4.69, 9.17) is 9.47 Å². The molecule has 1 saturated carbocycles. The van der Waals surface area contributed by atoms with Crippen LogP contribution >= 0.6 is 0 Å². The van der Waals surface area contributed by atoms with Crippen molar-refractivity contribution in [1.29, 1.82) is 0 Å². The van der Waals surface area contributed by atoms with Gasteiger partial charge in [-0.3, -0.25) is 0 Å². The third kappa shape index (κ3) is 2.96. The Labute approximate surface area is 179 Å². The van der Waals surface area contributed by atoms with Crippen LogP contribution in [0.5, 0.6) is 23.0 Å². The molecule has 2 aromatic carbocycles. The zero-order valence-electron chi connectivity index (χ0n) is 18.7.